The van der Waals surface area contributed by atoms with E-state index in [2.05, 4.69) is 27.5 Å². The van der Waals surface area contributed by atoms with E-state index in [0.29, 0.717) is 5.56 Å². The molecule has 0 saturated heterocycles. The maximum atomic E-state index is 12.0. The summed E-state index contributed by atoms with van der Waals surface area (Å²) in [5.74, 6) is 4.75. The first-order valence-corrected chi connectivity index (χ1v) is 6.56. The number of amides is 2. The van der Waals surface area contributed by atoms with Gasteiger partial charge in [0.15, 0.2) is 0 Å². The quantitative estimate of drug-likeness (QED) is 0.684. The summed E-state index contributed by atoms with van der Waals surface area (Å²) in [6.07, 6.45) is 1.50. The normalized spacial score (nSPS) is 10.3. The van der Waals surface area contributed by atoms with Crippen LogP contribution >= 0.6 is 0 Å². The molecule has 2 amide bonds. The highest BCUT2D eigenvalue weighted by atomic mass is 16.2. The number of hydrogen-bond donors (Lipinski definition) is 3. The van der Waals surface area contributed by atoms with Crippen LogP contribution in [-0.2, 0) is 4.79 Å². The van der Waals surface area contributed by atoms with Gasteiger partial charge in [0, 0.05) is 11.7 Å². The van der Waals surface area contributed by atoms with Crippen LogP contribution in [0.1, 0.15) is 36.8 Å². The van der Waals surface area contributed by atoms with Crippen LogP contribution in [0.5, 0.6) is 0 Å². The molecule has 1 aromatic rings. The monoisotopic (exact) mass is 288 g/mol. The summed E-state index contributed by atoms with van der Waals surface area (Å²) in [7, 11) is 0. The van der Waals surface area contributed by atoms with Gasteiger partial charge in [-0.25, -0.2) is 4.98 Å². The fourth-order valence-corrected chi connectivity index (χ4v) is 1.54. The van der Waals surface area contributed by atoms with Crippen molar-refractivity contribution < 1.29 is 9.59 Å². The fraction of sp³-hybridized carbons (Fsp3) is 0.400. The minimum absolute atomic E-state index is 0.115. The van der Waals surface area contributed by atoms with E-state index in [4.69, 9.17) is 5.73 Å². The Balaban J connectivity index is 2.71. The molecule has 0 spiro atoms. The van der Waals surface area contributed by atoms with Gasteiger partial charge < -0.3 is 16.4 Å². The van der Waals surface area contributed by atoms with E-state index < -0.39 is 5.91 Å². The molecular formula is C15H20N4O2. The molecule has 0 saturated carbocycles. The summed E-state index contributed by atoms with van der Waals surface area (Å²) in [4.78, 5) is 27.7. The molecule has 6 nitrogen and oxygen atoms in total. The Morgan fingerprint density at radius 1 is 1.38 bits per heavy atom. The third kappa shape index (κ3) is 6.06. The van der Waals surface area contributed by atoms with Crippen molar-refractivity contribution in [1.29, 1.82) is 0 Å². The van der Waals surface area contributed by atoms with Gasteiger partial charge in [0.25, 0.3) is 5.91 Å². The van der Waals surface area contributed by atoms with Crippen LogP contribution in [0.25, 0.3) is 0 Å². The van der Waals surface area contributed by atoms with Crippen molar-refractivity contribution in [2.75, 3.05) is 13.1 Å². The molecule has 0 bridgehead atoms. The highest BCUT2D eigenvalue weighted by Crippen LogP contribution is 2.03. The molecule has 0 aromatic carbocycles. The van der Waals surface area contributed by atoms with Crippen molar-refractivity contribution >= 4 is 11.8 Å². The molecule has 0 aliphatic heterocycles. The molecule has 0 unspecified atom stereocenters. The van der Waals surface area contributed by atoms with Gasteiger partial charge in [-0.3, -0.25) is 9.59 Å². The Labute approximate surface area is 124 Å². The average molecular weight is 288 g/mol. The third-order valence-corrected chi connectivity index (χ3v) is 2.27. The van der Waals surface area contributed by atoms with Gasteiger partial charge in [-0.15, -0.1) is 0 Å². The summed E-state index contributed by atoms with van der Waals surface area (Å²) in [5, 5.41) is 5.28. The smallest absolute Gasteiger partial charge is 0.271 e. The number of rotatable bonds is 3. The van der Waals surface area contributed by atoms with E-state index in [0.717, 1.165) is 0 Å². The SMILES string of the molecule is CC(C)(C)NC(=O)CNC(=O)c1ncccc1C#CCN. The van der Waals surface area contributed by atoms with Crippen molar-refractivity contribution in [1.82, 2.24) is 15.6 Å². The summed E-state index contributed by atoms with van der Waals surface area (Å²) in [6.45, 7) is 5.68. The molecular weight excluding hydrogens is 268 g/mol. The van der Waals surface area contributed by atoms with E-state index in [9.17, 15) is 9.59 Å². The van der Waals surface area contributed by atoms with Crippen molar-refractivity contribution in [3.63, 3.8) is 0 Å². The van der Waals surface area contributed by atoms with Gasteiger partial charge in [-0.2, -0.15) is 0 Å². The zero-order valence-electron chi connectivity index (χ0n) is 12.5. The summed E-state index contributed by atoms with van der Waals surface area (Å²) in [5.41, 5.74) is 5.63. The number of pyridine rings is 1. The predicted molar refractivity (Wildman–Crippen MR) is 80.4 cm³/mol. The van der Waals surface area contributed by atoms with E-state index >= 15 is 0 Å². The second kappa shape index (κ2) is 7.41. The Kier molecular flexibility index (Phi) is 5.88. The zero-order chi connectivity index (χ0) is 15.9. The van der Waals surface area contributed by atoms with Gasteiger partial charge in [0.05, 0.1) is 18.7 Å². The van der Waals surface area contributed by atoms with E-state index in [1.807, 2.05) is 20.8 Å². The first-order valence-electron chi connectivity index (χ1n) is 6.56. The topological polar surface area (TPSA) is 97.1 Å². The molecule has 112 valence electrons. The lowest BCUT2D eigenvalue weighted by Crippen LogP contribution is -2.46. The number of nitrogens with two attached hydrogens (primary N) is 1. The summed E-state index contributed by atoms with van der Waals surface area (Å²) < 4.78 is 0. The van der Waals surface area contributed by atoms with Crippen molar-refractivity contribution in [2.45, 2.75) is 26.3 Å². The van der Waals surface area contributed by atoms with Crippen LogP contribution in [0, 0.1) is 11.8 Å². The standard InChI is InChI=1S/C15H20N4O2/c1-15(2,3)19-12(20)10-18-14(21)13-11(6-4-8-16)7-5-9-17-13/h5,7,9H,8,10,16H2,1-3H3,(H,18,21)(H,19,20). The minimum atomic E-state index is -0.444. The first-order chi connectivity index (χ1) is 9.83. The lowest BCUT2D eigenvalue weighted by molar-refractivity contribution is -0.121. The maximum Gasteiger partial charge on any atom is 0.271 e. The number of nitrogens with zero attached hydrogens (tertiary/aromatic N) is 1. The van der Waals surface area contributed by atoms with Crippen LogP contribution in [0.2, 0.25) is 0 Å². The number of aromatic nitrogens is 1. The summed E-state index contributed by atoms with van der Waals surface area (Å²) in [6, 6.07) is 3.36. The molecule has 0 atom stereocenters. The Bertz CT molecular complexity index is 579. The average Bonchev–Trinajstić information content (AvgIpc) is 2.41. The highest BCUT2D eigenvalue weighted by molar-refractivity contribution is 5.96. The van der Waals surface area contributed by atoms with Crippen molar-refractivity contribution in [3.8, 4) is 11.8 Å². The zero-order valence-corrected chi connectivity index (χ0v) is 12.5. The Morgan fingerprint density at radius 3 is 2.71 bits per heavy atom. The Hall–Kier alpha value is -2.39. The third-order valence-electron chi connectivity index (χ3n) is 2.27. The van der Waals surface area contributed by atoms with Crippen LogP contribution in [0.4, 0.5) is 0 Å². The molecule has 21 heavy (non-hydrogen) atoms. The second-order valence-corrected chi connectivity index (χ2v) is 5.39. The molecule has 0 aliphatic carbocycles. The predicted octanol–water partition coefficient (Wildman–Crippen LogP) is 0.0363. The van der Waals surface area contributed by atoms with Crippen LogP contribution in [0.15, 0.2) is 18.3 Å². The molecule has 0 radical (unpaired) electrons. The van der Waals surface area contributed by atoms with Crippen LogP contribution in [-0.4, -0.2) is 35.4 Å². The molecule has 1 aromatic heterocycles. The highest BCUT2D eigenvalue weighted by Gasteiger charge is 2.16. The van der Waals surface area contributed by atoms with Crippen molar-refractivity contribution in [2.24, 2.45) is 5.73 Å². The first kappa shape index (κ1) is 16.7. The molecule has 6 heteroatoms. The fourth-order valence-electron chi connectivity index (χ4n) is 1.54. The lowest BCUT2D eigenvalue weighted by atomic mass is 10.1. The minimum Gasteiger partial charge on any atom is -0.350 e. The van der Waals surface area contributed by atoms with Crippen molar-refractivity contribution in [3.05, 3.63) is 29.6 Å². The number of carbonyl (C=O) groups is 2. The van der Waals surface area contributed by atoms with E-state index in [-0.39, 0.29) is 30.2 Å². The van der Waals surface area contributed by atoms with E-state index in [1.54, 1.807) is 12.1 Å². The second-order valence-electron chi connectivity index (χ2n) is 5.39. The number of carbonyl (C=O) groups excluding carboxylic acids is 2. The van der Waals surface area contributed by atoms with Crippen LogP contribution in [0.3, 0.4) is 0 Å². The number of nitrogens with one attached hydrogen (secondary N) is 2. The Morgan fingerprint density at radius 2 is 2.10 bits per heavy atom. The lowest BCUT2D eigenvalue weighted by Gasteiger charge is -2.20. The van der Waals surface area contributed by atoms with E-state index in [1.165, 1.54) is 6.20 Å². The largest absolute Gasteiger partial charge is 0.350 e. The molecule has 4 N–H and O–H groups in total. The maximum absolute atomic E-state index is 12.0. The van der Waals surface area contributed by atoms with Gasteiger partial charge in [-0.1, -0.05) is 11.8 Å². The van der Waals surface area contributed by atoms with Gasteiger partial charge in [0.2, 0.25) is 5.91 Å². The van der Waals surface area contributed by atoms with Gasteiger partial charge >= 0.3 is 0 Å². The van der Waals surface area contributed by atoms with Gasteiger partial charge in [-0.05, 0) is 32.9 Å². The summed E-state index contributed by atoms with van der Waals surface area (Å²) >= 11 is 0. The van der Waals surface area contributed by atoms with Gasteiger partial charge in [0.1, 0.15) is 5.69 Å². The molecule has 1 rings (SSSR count). The molecule has 0 aliphatic rings. The molecule has 0 fully saturated rings. The molecule has 1 heterocycles. The van der Waals surface area contributed by atoms with Crippen LogP contribution < -0.4 is 16.4 Å². The number of hydrogen-bond acceptors (Lipinski definition) is 4.